The molecule has 100 valence electrons. The van der Waals surface area contributed by atoms with Gasteiger partial charge in [-0.05, 0) is 41.8 Å². The van der Waals surface area contributed by atoms with E-state index in [4.69, 9.17) is 11.6 Å². The predicted octanol–water partition coefficient (Wildman–Crippen LogP) is 3.90. The van der Waals surface area contributed by atoms with Crippen molar-refractivity contribution in [3.05, 3.63) is 59.0 Å². The monoisotopic (exact) mass is 278 g/mol. The van der Waals surface area contributed by atoms with Gasteiger partial charge in [0.15, 0.2) is 0 Å². The smallest absolute Gasteiger partial charge is 0.131 e. The number of hydrogen-bond acceptors (Lipinski definition) is 2. The Labute approximate surface area is 117 Å². The van der Waals surface area contributed by atoms with Gasteiger partial charge in [-0.1, -0.05) is 12.1 Å². The number of halogens is 2. The van der Waals surface area contributed by atoms with Gasteiger partial charge in [0.05, 0.1) is 0 Å². The molecule has 0 aliphatic carbocycles. The summed E-state index contributed by atoms with van der Waals surface area (Å²) in [7, 11) is 1.95. The summed E-state index contributed by atoms with van der Waals surface area (Å²) in [5.41, 5.74) is 2.99. The average Bonchev–Trinajstić information content (AvgIpc) is 2.38. The van der Waals surface area contributed by atoms with Crippen molar-refractivity contribution in [3.8, 4) is 0 Å². The van der Waals surface area contributed by atoms with E-state index in [2.05, 4.69) is 4.98 Å². The van der Waals surface area contributed by atoms with Crippen LogP contribution in [-0.2, 0) is 12.4 Å². The average molecular weight is 279 g/mol. The molecule has 19 heavy (non-hydrogen) atoms. The standard InChI is InChI=1S/C15H16ClFN2/c1-11-6-13(8-16)9-18-15(11)19(2)10-12-4-3-5-14(17)7-12/h3-7,9H,8,10H2,1-2H3. The second kappa shape index (κ2) is 6.02. The maximum absolute atomic E-state index is 13.1. The summed E-state index contributed by atoms with van der Waals surface area (Å²) in [5.74, 6) is 1.13. The fourth-order valence-corrected chi connectivity index (χ4v) is 2.23. The Bertz CT molecular complexity index is 572. The van der Waals surface area contributed by atoms with Crippen LogP contribution in [0.3, 0.4) is 0 Å². The number of nitrogens with zero attached hydrogens (tertiary/aromatic N) is 2. The van der Waals surface area contributed by atoms with E-state index in [0.29, 0.717) is 12.4 Å². The first-order valence-corrected chi connectivity index (χ1v) is 6.60. The maximum atomic E-state index is 13.1. The van der Waals surface area contributed by atoms with Crippen LogP contribution in [0.1, 0.15) is 16.7 Å². The summed E-state index contributed by atoms with van der Waals surface area (Å²) >= 11 is 5.78. The van der Waals surface area contributed by atoms with Gasteiger partial charge in [-0.15, -0.1) is 11.6 Å². The molecule has 0 aliphatic heterocycles. The maximum Gasteiger partial charge on any atom is 0.131 e. The van der Waals surface area contributed by atoms with E-state index in [1.807, 2.05) is 31.0 Å². The molecule has 0 atom stereocenters. The summed E-state index contributed by atoms with van der Waals surface area (Å²) in [6, 6.07) is 8.63. The Morgan fingerprint density at radius 1 is 1.26 bits per heavy atom. The minimum Gasteiger partial charge on any atom is -0.355 e. The van der Waals surface area contributed by atoms with E-state index < -0.39 is 0 Å². The first-order chi connectivity index (χ1) is 9.10. The molecule has 0 saturated carbocycles. The molecule has 0 amide bonds. The predicted molar refractivity (Wildman–Crippen MR) is 77.0 cm³/mol. The van der Waals surface area contributed by atoms with Crippen LogP contribution in [0.4, 0.5) is 10.2 Å². The fraction of sp³-hybridized carbons (Fsp3) is 0.267. The molecule has 2 nitrogen and oxygen atoms in total. The summed E-state index contributed by atoms with van der Waals surface area (Å²) in [4.78, 5) is 6.42. The van der Waals surface area contributed by atoms with Gasteiger partial charge in [0.2, 0.25) is 0 Å². The van der Waals surface area contributed by atoms with E-state index in [1.165, 1.54) is 6.07 Å². The largest absolute Gasteiger partial charge is 0.355 e. The van der Waals surface area contributed by atoms with Crippen molar-refractivity contribution < 1.29 is 4.39 Å². The number of hydrogen-bond donors (Lipinski definition) is 0. The van der Waals surface area contributed by atoms with Gasteiger partial charge in [0.1, 0.15) is 11.6 Å². The summed E-state index contributed by atoms with van der Waals surface area (Å²) in [6.45, 7) is 2.62. The molecular weight excluding hydrogens is 263 g/mol. The molecule has 1 aromatic carbocycles. The Kier molecular flexibility index (Phi) is 4.38. The molecule has 2 aromatic rings. The van der Waals surface area contributed by atoms with Crippen LogP contribution in [-0.4, -0.2) is 12.0 Å². The van der Waals surface area contributed by atoms with E-state index in [9.17, 15) is 4.39 Å². The first kappa shape index (κ1) is 13.8. The minimum absolute atomic E-state index is 0.215. The molecule has 2 rings (SSSR count). The number of alkyl halides is 1. The third-order valence-corrected chi connectivity index (χ3v) is 3.24. The number of benzene rings is 1. The van der Waals surface area contributed by atoms with Crippen molar-refractivity contribution in [2.24, 2.45) is 0 Å². The van der Waals surface area contributed by atoms with Crippen LogP contribution < -0.4 is 4.90 Å². The van der Waals surface area contributed by atoms with Gasteiger partial charge < -0.3 is 4.90 Å². The van der Waals surface area contributed by atoms with E-state index in [-0.39, 0.29) is 5.82 Å². The quantitative estimate of drug-likeness (QED) is 0.789. The number of pyridine rings is 1. The second-order valence-corrected chi connectivity index (χ2v) is 4.87. The molecule has 0 N–H and O–H groups in total. The summed E-state index contributed by atoms with van der Waals surface area (Å²) in [6.07, 6.45) is 1.78. The van der Waals surface area contributed by atoms with Crippen molar-refractivity contribution in [2.75, 3.05) is 11.9 Å². The zero-order valence-corrected chi connectivity index (χ0v) is 11.8. The number of aryl methyl sites for hydroxylation is 1. The minimum atomic E-state index is -0.215. The van der Waals surface area contributed by atoms with E-state index in [1.54, 1.807) is 18.3 Å². The van der Waals surface area contributed by atoms with Gasteiger partial charge in [0.25, 0.3) is 0 Å². The Morgan fingerprint density at radius 3 is 2.68 bits per heavy atom. The molecule has 0 spiro atoms. The highest BCUT2D eigenvalue weighted by molar-refractivity contribution is 6.17. The molecular formula is C15H16ClFN2. The SMILES string of the molecule is Cc1cc(CCl)cnc1N(C)Cc1cccc(F)c1. The van der Waals surface area contributed by atoms with Gasteiger partial charge in [-0.25, -0.2) is 9.37 Å². The highest BCUT2D eigenvalue weighted by atomic mass is 35.5. The van der Waals surface area contributed by atoms with Crippen molar-refractivity contribution >= 4 is 17.4 Å². The molecule has 0 saturated heterocycles. The summed E-state index contributed by atoms with van der Waals surface area (Å²) < 4.78 is 13.1. The third kappa shape index (κ3) is 3.44. The fourth-order valence-electron chi connectivity index (χ4n) is 2.08. The molecule has 0 radical (unpaired) electrons. The number of rotatable bonds is 4. The van der Waals surface area contributed by atoms with Crippen LogP contribution in [0.2, 0.25) is 0 Å². The molecule has 1 aromatic heterocycles. The van der Waals surface area contributed by atoms with Crippen molar-refractivity contribution in [3.63, 3.8) is 0 Å². The molecule has 0 bridgehead atoms. The number of anilines is 1. The Hall–Kier alpha value is -1.61. The van der Waals surface area contributed by atoms with Crippen LogP contribution in [0, 0.1) is 12.7 Å². The molecule has 1 heterocycles. The lowest BCUT2D eigenvalue weighted by Crippen LogP contribution is -2.19. The van der Waals surface area contributed by atoms with Gasteiger partial charge in [-0.3, -0.25) is 0 Å². The summed E-state index contributed by atoms with van der Waals surface area (Å²) in [5, 5.41) is 0. The molecule has 4 heteroatoms. The van der Waals surface area contributed by atoms with E-state index in [0.717, 1.165) is 22.5 Å². The highest BCUT2D eigenvalue weighted by Gasteiger charge is 2.08. The van der Waals surface area contributed by atoms with Crippen molar-refractivity contribution in [1.82, 2.24) is 4.98 Å². The second-order valence-electron chi connectivity index (χ2n) is 4.60. The Morgan fingerprint density at radius 2 is 2.05 bits per heavy atom. The van der Waals surface area contributed by atoms with Gasteiger partial charge in [0, 0.05) is 25.7 Å². The van der Waals surface area contributed by atoms with Crippen LogP contribution in [0.15, 0.2) is 36.5 Å². The van der Waals surface area contributed by atoms with Crippen LogP contribution in [0.5, 0.6) is 0 Å². The topological polar surface area (TPSA) is 16.1 Å². The normalized spacial score (nSPS) is 10.5. The lowest BCUT2D eigenvalue weighted by Gasteiger charge is -2.20. The zero-order valence-electron chi connectivity index (χ0n) is 11.0. The molecule has 0 aliphatic rings. The van der Waals surface area contributed by atoms with Crippen molar-refractivity contribution in [2.45, 2.75) is 19.3 Å². The first-order valence-electron chi connectivity index (χ1n) is 6.07. The van der Waals surface area contributed by atoms with Crippen LogP contribution >= 0.6 is 11.6 Å². The van der Waals surface area contributed by atoms with E-state index >= 15 is 0 Å². The molecule has 0 unspecified atom stereocenters. The number of aromatic nitrogens is 1. The zero-order chi connectivity index (χ0) is 13.8. The van der Waals surface area contributed by atoms with Gasteiger partial charge in [-0.2, -0.15) is 0 Å². The van der Waals surface area contributed by atoms with Gasteiger partial charge >= 0.3 is 0 Å². The third-order valence-electron chi connectivity index (χ3n) is 2.93. The van der Waals surface area contributed by atoms with Crippen molar-refractivity contribution in [1.29, 1.82) is 0 Å². The lowest BCUT2D eigenvalue weighted by atomic mass is 10.2. The Balaban J connectivity index is 2.18. The lowest BCUT2D eigenvalue weighted by molar-refractivity contribution is 0.625. The molecule has 0 fully saturated rings. The van der Waals surface area contributed by atoms with Crippen LogP contribution in [0.25, 0.3) is 0 Å². The highest BCUT2D eigenvalue weighted by Crippen LogP contribution is 2.19.